The molecule has 0 aliphatic heterocycles. The first-order chi connectivity index (χ1) is 4.09. The summed E-state index contributed by atoms with van der Waals surface area (Å²) in [6.07, 6.45) is -4.06. The maximum Gasteiger partial charge on any atom is 0.249 e. The number of aliphatic hydroxyl groups is 3. The molecule has 54 valence electrons. The second kappa shape index (κ2) is 3.80. The van der Waals surface area contributed by atoms with Crippen molar-refractivity contribution in [1.82, 2.24) is 0 Å². The van der Waals surface area contributed by atoms with Gasteiger partial charge in [-0.25, -0.2) is 0 Å². The summed E-state index contributed by atoms with van der Waals surface area (Å²) >= 11 is -0.248. The van der Waals surface area contributed by atoms with E-state index in [1.165, 1.54) is 0 Å². The molecule has 0 aliphatic rings. The van der Waals surface area contributed by atoms with Crippen LogP contribution in [0.25, 0.3) is 0 Å². The molecule has 1 unspecified atom stereocenters. The quantitative estimate of drug-likeness (QED) is 0.282. The van der Waals surface area contributed by atoms with Crippen molar-refractivity contribution < 1.29 is 24.7 Å². The lowest BCUT2D eigenvalue weighted by Gasteiger charge is -2.06. The molecule has 0 radical (unpaired) electrons. The third-order valence-electron chi connectivity index (χ3n) is 0.614. The molecule has 0 saturated heterocycles. The highest BCUT2D eigenvalue weighted by Crippen LogP contribution is 2.01. The van der Waals surface area contributed by atoms with Crippen LogP contribution in [0, 0.1) is 0 Å². The fraction of sp³-hybridized carbons (Fsp3) is 0.667. The molecule has 0 spiro atoms. The average Bonchev–Trinajstić information content (AvgIpc) is 1.84. The summed E-state index contributed by atoms with van der Waals surface area (Å²) in [4.78, 5) is 10.1. The first-order valence-corrected chi connectivity index (χ1v) is 2.76. The molecular weight excluding hydrogens is 148 g/mol. The van der Waals surface area contributed by atoms with E-state index in [4.69, 9.17) is 19.9 Å². The Kier molecular flexibility index (Phi) is 3.75. The third kappa shape index (κ3) is 2.78. The van der Waals surface area contributed by atoms with Crippen LogP contribution in [-0.2, 0) is 4.79 Å². The Morgan fingerprint density at radius 2 is 1.78 bits per heavy atom. The highest BCUT2D eigenvalue weighted by molar-refractivity contribution is 8.08. The smallest absolute Gasteiger partial charge is 0.249 e. The summed E-state index contributed by atoms with van der Waals surface area (Å²) in [5.74, 6) is 0. The molecule has 0 amide bonds. The Morgan fingerprint density at radius 3 is 1.89 bits per heavy atom. The van der Waals surface area contributed by atoms with Crippen LogP contribution in [0.5, 0.6) is 0 Å². The van der Waals surface area contributed by atoms with Crippen molar-refractivity contribution in [3.05, 3.63) is 0 Å². The number of carbonyl (C=O) groups is 1. The predicted octanol–water partition coefficient (Wildman–Crippen LogP) is -1.61. The van der Waals surface area contributed by atoms with E-state index in [2.05, 4.69) is 0 Å². The topological polar surface area (TPSA) is 98.0 Å². The van der Waals surface area contributed by atoms with Gasteiger partial charge in [-0.15, -0.1) is 0 Å². The SMILES string of the molecule is O=C(SO)C(O)C(O)O. The molecule has 4 N–H and O–H groups in total. The van der Waals surface area contributed by atoms with Crippen LogP contribution in [-0.4, -0.2) is 37.4 Å². The van der Waals surface area contributed by atoms with Crippen LogP contribution < -0.4 is 0 Å². The van der Waals surface area contributed by atoms with E-state index in [0.29, 0.717) is 0 Å². The van der Waals surface area contributed by atoms with Crippen LogP contribution in [0.3, 0.4) is 0 Å². The van der Waals surface area contributed by atoms with Crippen molar-refractivity contribution in [3.63, 3.8) is 0 Å². The molecule has 0 heterocycles. The van der Waals surface area contributed by atoms with E-state index in [0.717, 1.165) is 0 Å². The van der Waals surface area contributed by atoms with Crippen LogP contribution in [0.4, 0.5) is 0 Å². The monoisotopic (exact) mass is 154 g/mol. The standard InChI is InChI=1S/C3H6O5S/c4-1(2(5)6)3(7)9-8/h1-2,4-6,8H. The van der Waals surface area contributed by atoms with Crippen molar-refractivity contribution in [2.45, 2.75) is 12.4 Å². The molecule has 0 bridgehead atoms. The van der Waals surface area contributed by atoms with E-state index in [1.807, 2.05) is 0 Å². The normalized spacial score (nSPS) is 13.9. The van der Waals surface area contributed by atoms with Gasteiger partial charge >= 0.3 is 0 Å². The second-order valence-electron chi connectivity index (χ2n) is 1.27. The number of rotatable bonds is 2. The van der Waals surface area contributed by atoms with Gasteiger partial charge in [0.05, 0.1) is 12.0 Å². The zero-order valence-electron chi connectivity index (χ0n) is 4.26. The van der Waals surface area contributed by atoms with Gasteiger partial charge in [0, 0.05) is 0 Å². The van der Waals surface area contributed by atoms with E-state index >= 15 is 0 Å². The van der Waals surface area contributed by atoms with Gasteiger partial charge in [0.15, 0.2) is 12.4 Å². The zero-order valence-corrected chi connectivity index (χ0v) is 5.08. The molecule has 0 fully saturated rings. The Bertz CT molecular complexity index is 102. The Hall–Kier alpha value is -0.140. The fourth-order valence-corrected chi connectivity index (χ4v) is 0.405. The number of aliphatic hydroxyl groups excluding tert-OH is 2. The Balaban J connectivity index is 3.72. The Morgan fingerprint density at radius 1 is 1.33 bits per heavy atom. The molecule has 6 heteroatoms. The maximum atomic E-state index is 10.1. The molecule has 9 heavy (non-hydrogen) atoms. The van der Waals surface area contributed by atoms with Crippen LogP contribution >= 0.6 is 12.0 Å². The van der Waals surface area contributed by atoms with E-state index in [-0.39, 0.29) is 12.0 Å². The summed E-state index contributed by atoms with van der Waals surface area (Å²) in [5.41, 5.74) is 0. The van der Waals surface area contributed by atoms with Gasteiger partial charge in [0.2, 0.25) is 5.12 Å². The van der Waals surface area contributed by atoms with Crippen LogP contribution in [0.2, 0.25) is 0 Å². The Labute approximate surface area is 55.1 Å². The molecule has 1 atom stereocenters. The molecule has 0 aromatic carbocycles. The molecule has 5 nitrogen and oxygen atoms in total. The summed E-state index contributed by atoms with van der Waals surface area (Å²) in [5, 5.41) is 23.4. The van der Waals surface area contributed by atoms with Crippen molar-refractivity contribution in [3.8, 4) is 0 Å². The molecule has 0 rings (SSSR count). The minimum absolute atomic E-state index is 0.248. The highest BCUT2D eigenvalue weighted by atomic mass is 32.2. The van der Waals surface area contributed by atoms with Crippen molar-refractivity contribution in [2.24, 2.45) is 0 Å². The van der Waals surface area contributed by atoms with E-state index in [9.17, 15) is 4.79 Å². The lowest BCUT2D eigenvalue weighted by Crippen LogP contribution is -2.31. The van der Waals surface area contributed by atoms with Crippen molar-refractivity contribution in [2.75, 3.05) is 0 Å². The van der Waals surface area contributed by atoms with Crippen LogP contribution in [0.1, 0.15) is 0 Å². The van der Waals surface area contributed by atoms with E-state index in [1.54, 1.807) is 0 Å². The van der Waals surface area contributed by atoms with Gasteiger partial charge in [-0.2, -0.15) is 0 Å². The summed E-state index contributed by atoms with van der Waals surface area (Å²) < 4.78 is 7.94. The van der Waals surface area contributed by atoms with Crippen molar-refractivity contribution >= 4 is 17.2 Å². The van der Waals surface area contributed by atoms with Gasteiger partial charge in [0.1, 0.15) is 0 Å². The zero-order chi connectivity index (χ0) is 7.44. The largest absolute Gasteiger partial charge is 0.379 e. The minimum atomic E-state index is -2.13. The molecular formula is C3H6O5S. The molecule has 0 aromatic heterocycles. The molecule has 0 aromatic rings. The lowest BCUT2D eigenvalue weighted by molar-refractivity contribution is -0.146. The van der Waals surface area contributed by atoms with Gasteiger partial charge in [-0.05, 0) is 0 Å². The number of carbonyl (C=O) groups excluding carboxylic acids is 1. The maximum absolute atomic E-state index is 10.1. The van der Waals surface area contributed by atoms with Gasteiger partial charge in [-0.1, -0.05) is 0 Å². The fourth-order valence-electron chi connectivity index (χ4n) is 0.176. The summed E-state index contributed by atoms with van der Waals surface area (Å²) in [6, 6.07) is 0. The van der Waals surface area contributed by atoms with Crippen LogP contribution in [0.15, 0.2) is 0 Å². The first-order valence-electron chi connectivity index (χ1n) is 1.99. The molecule has 0 saturated carbocycles. The second-order valence-corrected chi connectivity index (χ2v) is 1.85. The average molecular weight is 154 g/mol. The summed E-state index contributed by atoms with van der Waals surface area (Å²) in [6.45, 7) is 0. The summed E-state index contributed by atoms with van der Waals surface area (Å²) in [7, 11) is 0. The highest BCUT2D eigenvalue weighted by Gasteiger charge is 2.21. The predicted molar refractivity (Wildman–Crippen MR) is 29.5 cm³/mol. The number of hydrogen-bond donors (Lipinski definition) is 4. The minimum Gasteiger partial charge on any atom is -0.379 e. The molecule has 0 aliphatic carbocycles. The third-order valence-corrected chi connectivity index (χ3v) is 1.04. The van der Waals surface area contributed by atoms with Gasteiger partial charge < -0.3 is 19.9 Å². The first kappa shape index (κ1) is 8.86. The van der Waals surface area contributed by atoms with E-state index < -0.39 is 17.5 Å². The van der Waals surface area contributed by atoms with Crippen molar-refractivity contribution in [1.29, 1.82) is 0 Å². The number of hydrogen-bond acceptors (Lipinski definition) is 6. The van der Waals surface area contributed by atoms with Gasteiger partial charge in [-0.3, -0.25) is 4.79 Å². The van der Waals surface area contributed by atoms with Gasteiger partial charge in [0.25, 0.3) is 0 Å². The lowest BCUT2D eigenvalue weighted by atomic mass is 10.4.